The number of thiophene rings is 4. The number of benzene rings is 6. The zero-order valence-electron chi connectivity index (χ0n) is 24.5. The van der Waals surface area contributed by atoms with Crippen molar-refractivity contribution in [1.82, 2.24) is 0 Å². The molecule has 10 rings (SSSR count). The normalized spacial score (nSPS) is 11.9. The standard InChI is InChI=1S/C42H24S4/c1-3-7-25(8-4-1)27-11-13-29-21-37(43-35(29)19-27)31-15-17-33-39(23-31)45-42-34-18-16-32(24-40(34)46-41(33)42)38-22-30-14-12-28(20-36(30)44-38)26-9-5-2-6-10-26/h1-24H. The Kier molecular flexibility index (Phi) is 6.06. The molecular weight excluding hydrogens is 633 g/mol. The van der Waals surface area contributed by atoms with Crippen LogP contribution in [0.3, 0.4) is 0 Å². The van der Waals surface area contributed by atoms with Gasteiger partial charge >= 0.3 is 0 Å². The molecule has 0 unspecified atom stereocenters. The highest BCUT2D eigenvalue weighted by Gasteiger charge is 2.15. The molecule has 4 heterocycles. The molecule has 0 amide bonds. The second-order valence-corrected chi connectivity index (χ2v) is 16.0. The first-order chi connectivity index (χ1) is 22.7. The van der Waals surface area contributed by atoms with E-state index in [1.54, 1.807) is 0 Å². The molecule has 0 atom stereocenters. The summed E-state index contributed by atoms with van der Waals surface area (Å²) in [7, 11) is 0. The Morgan fingerprint density at radius 3 is 1.15 bits per heavy atom. The molecule has 0 radical (unpaired) electrons. The fourth-order valence-corrected chi connectivity index (χ4v) is 11.5. The van der Waals surface area contributed by atoms with Gasteiger partial charge in [-0.2, -0.15) is 0 Å². The molecule has 0 spiro atoms. The van der Waals surface area contributed by atoms with Crippen LogP contribution in [-0.4, -0.2) is 0 Å². The van der Waals surface area contributed by atoms with Crippen LogP contribution in [0.25, 0.3) is 92.9 Å². The first-order valence-electron chi connectivity index (χ1n) is 15.3. The third-order valence-corrected chi connectivity index (χ3v) is 13.7. The van der Waals surface area contributed by atoms with Crippen molar-refractivity contribution in [3.63, 3.8) is 0 Å². The van der Waals surface area contributed by atoms with Gasteiger partial charge in [0.1, 0.15) is 0 Å². The molecule has 0 bridgehead atoms. The summed E-state index contributed by atoms with van der Waals surface area (Å²) in [6.45, 7) is 0. The van der Waals surface area contributed by atoms with Gasteiger partial charge in [-0.05, 0) is 80.6 Å². The van der Waals surface area contributed by atoms with Crippen LogP contribution in [0.4, 0.5) is 0 Å². The molecule has 0 saturated carbocycles. The Hall–Kier alpha value is -4.58. The van der Waals surface area contributed by atoms with E-state index in [0.717, 1.165) is 0 Å². The van der Waals surface area contributed by atoms with Gasteiger partial charge in [0, 0.05) is 39.3 Å². The van der Waals surface area contributed by atoms with Gasteiger partial charge in [0.2, 0.25) is 0 Å². The van der Waals surface area contributed by atoms with Crippen molar-refractivity contribution in [3.8, 4) is 43.1 Å². The molecule has 0 aliphatic heterocycles. The van der Waals surface area contributed by atoms with Gasteiger partial charge in [0.15, 0.2) is 0 Å². The second-order valence-electron chi connectivity index (χ2n) is 11.7. The van der Waals surface area contributed by atoms with Crippen LogP contribution in [0.1, 0.15) is 0 Å². The molecule has 0 saturated heterocycles. The maximum absolute atomic E-state index is 2.40. The summed E-state index contributed by atoms with van der Waals surface area (Å²) in [5.41, 5.74) is 7.68. The van der Waals surface area contributed by atoms with E-state index in [2.05, 4.69) is 146 Å². The summed E-state index contributed by atoms with van der Waals surface area (Å²) in [5.74, 6) is 0. The van der Waals surface area contributed by atoms with Gasteiger partial charge in [-0.25, -0.2) is 0 Å². The monoisotopic (exact) mass is 656 g/mol. The third-order valence-electron chi connectivity index (χ3n) is 8.91. The number of fused-ring (bicyclic) bond motifs is 7. The number of rotatable bonds is 4. The summed E-state index contributed by atoms with van der Waals surface area (Å²) >= 11 is 7.65. The van der Waals surface area contributed by atoms with Gasteiger partial charge in [-0.3, -0.25) is 0 Å². The lowest BCUT2D eigenvalue weighted by molar-refractivity contribution is 1.66. The minimum atomic E-state index is 1.26. The Bertz CT molecular complexity index is 2550. The van der Waals surface area contributed by atoms with E-state index in [9.17, 15) is 0 Å². The number of hydrogen-bond donors (Lipinski definition) is 0. The first kappa shape index (κ1) is 26.6. The average Bonchev–Trinajstić information content (AvgIpc) is 3.89. The maximum Gasteiger partial charge on any atom is 0.0542 e. The molecule has 46 heavy (non-hydrogen) atoms. The molecule has 4 aromatic heterocycles. The third kappa shape index (κ3) is 4.37. The van der Waals surface area contributed by atoms with Crippen LogP contribution in [0.15, 0.2) is 146 Å². The van der Waals surface area contributed by atoms with Crippen molar-refractivity contribution in [2.24, 2.45) is 0 Å². The quantitative estimate of drug-likeness (QED) is 0.177. The van der Waals surface area contributed by atoms with Gasteiger partial charge in [-0.1, -0.05) is 109 Å². The summed E-state index contributed by atoms with van der Waals surface area (Å²) in [4.78, 5) is 2.65. The smallest absolute Gasteiger partial charge is 0.0542 e. The molecular formula is C42H24S4. The van der Waals surface area contributed by atoms with E-state index in [1.807, 2.05) is 45.3 Å². The van der Waals surface area contributed by atoms with E-state index < -0.39 is 0 Å². The maximum atomic E-state index is 2.40. The fraction of sp³-hybridized carbons (Fsp3) is 0. The van der Waals surface area contributed by atoms with Crippen LogP contribution in [0.2, 0.25) is 0 Å². The van der Waals surface area contributed by atoms with Crippen molar-refractivity contribution in [3.05, 3.63) is 146 Å². The van der Waals surface area contributed by atoms with E-state index in [1.165, 1.54) is 92.9 Å². The van der Waals surface area contributed by atoms with Gasteiger partial charge in [-0.15, -0.1) is 45.3 Å². The van der Waals surface area contributed by atoms with Gasteiger partial charge < -0.3 is 0 Å². The fourth-order valence-electron chi connectivity index (χ4n) is 6.53. The highest BCUT2D eigenvalue weighted by Crippen LogP contribution is 2.47. The zero-order valence-corrected chi connectivity index (χ0v) is 27.8. The Morgan fingerprint density at radius 2 is 0.696 bits per heavy atom. The van der Waals surface area contributed by atoms with E-state index in [0.29, 0.717) is 0 Å². The van der Waals surface area contributed by atoms with Crippen LogP contribution in [0.5, 0.6) is 0 Å². The van der Waals surface area contributed by atoms with Crippen LogP contribution < -0.4 is 0 Å². The summed E-state index contributed by atoms with van der Waals surface area (Å²) in [5, 5.41) is 5.36. The lowest BCUT2D eigenvalue weighted by Gasteiger charge is -2.00. The molecule has 6 aromatic carbocycles. The van der Waals surface area contributed by atoms with Crippen LogP contribution in [0, 0.1) is 0 Å². The lowest BCUT2D eigenvalue weighted by atomic mass is 10.0. The summed E-state index contributed by atoms with van der Waals surface area (Å²) in [6, 6.07) is 53.8. The van der Waals surface area contributed by atoms with Crippen molar-refractivity contribution >= 4 is 95.1 Å². The van der Waals surface area contributed by atoms with Crippen LogP contribution >= 0.6 is 45.3 Å². The summed E-state index contributed by atoms with van der Waals surface area (Å²) in [6.07, 6.45) is 0. The number of hydrogen-bond acceptors (Lipinski definition) is 4. The highest BCUT2D eigenvalue weighted by molar-refractivity contribution is 7.36. The molecule has 10 aromatic rings. The largest absolute Gasteiger partial charge is 0.135 e. The zero-order chi connectivity index (χ0) is 30.2. The predicted molar refractivity (Wildman–Crippen MR) is 207 cm³/mol. The Balaban J connectivity index is 0.997. The van der Waals surface area contributed by atoms with E-state index in [-0.39, 0.29) is 0 Å². The van der Waals surface area contributed by atoms with E-state index in [4.69, 9.17) is 0 Å². The minimum Gasteiger partial charge on any atom is -0.135 e. The molecule has 0 aliphatic carbocycles. The minimum absolute atomic E-state index is 1.26. The summed E-state index contributed by atoms with van der Waals surface area (Å²) < 4.78 is 8.22. The lowest BCUT2D eigenvalue weighted by Crippen LogP contribution is -1.75. The van der Waals surface area contributed by atoms with Crippen molar-refractivity contribution < 1.29 is 0 Å². The Labute approximate surface area is 282 Å². The molecule has 0 aliphatic rings. The van der Waals surface area contributed by atoms with Crippen molar-refractivity contribution in [1.29, 1.82) is 0 Å². The molecule has 0 nitrogen and oxygen atoms in total. The highest BCUT2D eigenvalue weighted by atomic mass is 32.1. The second kappa shape index (κ2) is 10.5. The van der Waals surface area contributed by atoms with Crippen molar-refractivity contribution in [2.45, 2.75) is 0 Å². The Morgan fingerprint density at radius 1 is 0.283 bits per heavy atom. The molecule has 0 fully saturated rings. The van der Waals surface area contributed by atoms with Crippen LogP contribution in [-0.2, 0) is 0 Å². The SMILES string of the molecule is c1ccc(-c2ccc3cc(-c4ccc5c(c4)sc4c6ccc(-c7cc8ccc(-c9ccccc9)cc8s7)cc6sc54)sc3c2)cc1. The topological polar surface area (TPSA) is 0 Å². The predicted octanol–water partition coefficient (Wildman–Crippen LogP) is 14.4. The molecule has 0 N–H and O–H groups in total. The molecule has 4 heteroatoms. The first-order valence-corrected chi connectivity index (χ1v) is 18.6. The van der Waals surface area contributed by atoms with Gasteiger partial charge in [0.25, 0.3) is 0 Å². The van der Waals surface area contributed by atoms with Crippen molar-refractivity contribution in [2.75, 3.05) is 0 Å². The van der Waals surface area contributed by atoms with Gasteiger partial charge in [0.05, 0.1) is 9.40 Å². The molecule has 216 valence electrons. The van der Waals surface area contributed by atoms with E-state index >= 15 is 0 Å². The average molecular weight is 657 g/mol.